The Morgan fingerprint density at radius 3 is 2.31 bits per heavy atom. The first-order chi connectivity index (χ1) is 13.8. The van der Waals surface area contributed by atoms with Crippen LogP contribution in [0.15, 0.2) is 60.3 Å². The van der Waals surface area contributed by atoms with Crippen molar-refractivity contribution in [1.82, 2.24) is 10.6 Å². The molecule has 1 atom stereocenters. The molecule has 7 heteroatoms. The van der Waals surface area contributed by atoms with Gasteiger partial charge in [-0.1, -0.05) is 30.3 Å². The van der Waals surface area contributed by atoms with E-state index in [-0.39, 0.29) is 11.8 Å². The normalized spacial score (nSPS) is 12.2. The third-order valence-electron chi connectivity index (χ3n) is 3.79. The zero-order valence-corrected chi connectivity index (χ0v) is 16.5. The molecular weight excluding hydrogens is 372 g/mol. The van der Waals surface area contributed by atoms with Crippen LogP contribution in [-0.4, -0.2) is 35.0 Å². The largest absolute Gasteiger partial charge is 0.491 e. The van der Waals surface area contributed by atoms with Crippen molar-refractivity contribution in [2.24, 2.45) is 0 Å². The van der Waals surface area contributed by atoms with E-state index in [4.69, 9.17) is 9.84 Å². The average Bonchev–Trinajstić information content (AvgIpc) is 2.67. The first kappa shape index (κ1) is 21.7. The van der Waals surface area contributed by atoms with Gasteiger partial charge in [0.25, 0.3) is 11.8 Å². The highest BCUT2D eigenvalue weighted by molar-refractivity contribution is 6.06. The minimum absolute atomic E-state index is 0.0220. The Bertz CT molecular complexity index is 906. The molecule has 2 rings (SSSR count). The zero-order chi connectivity index (χ0) is 21.4. The van der Waals surface area contributed by atoms with Gasteiger partial charge in [0.15, 0.2) is 0 Å². The Labute approximate surface area is 169 Å². The molecule has 0 unspecified atom stereocenters. The number of hydrogen-bond acceptors (Lipinski definition) is 4. The van der Waals surface area contributed by atoms with Gasteiger partial charge in [0.2, 0.25) is 0 Å². The van der Waals surface area contributed by atoms with Crippen molar-refractivity contribution in [3.8, 4) is 5.75 Å². The molecule has 0 saturated heterocycles. The fourth-order valence-corrected chi connectivity index (χ4v) is 2.40. The van der Waals surface area contributed by atoms with Crippen molar-refractivity contribution in [3.05, 3.63) is 71.4 Å². The van der Waals surface area contributed by atoms with Crippen LogP contribution < -0.4 is 15.4 Å². The van der Waals surface area contributed by atoms with Gasteiger partial charge in [0.05, 0.1) is 6.10 Å². The van der Waals surface area contributed by atoms with Gasteiger partial charge in [-0.3, -0.25) is 14.4 Å². The van der Waals surface area contributed by atoms with Crippen LogP contribution in [0.3, 0.4) is 0 Å². The highest BCUT2D eigenvalue weighted by Crippen LogP contribution is 2.17. The summed E-state index contributed by atoms with van der Waals surface area (Å²) in [6.45, 7) is 5.14. The first-order valence-electron chi connectivity index (χ1n) is 9.14. The number of hydrogen-bond donors (Lipinski definition) is 3. The minimum Gasteiger partial charge on any atom is -0.491 e. The Kier molecular flexibility index (Phi) is 7.54. The lowest BCUT2D eigenvalue weighted by Crippen LogP contribution is -2.42. The van der Waals surface area contributed by atoms with Gasteiger partial charge in [-0.15, -0.1) is 0 Å². The molecule has 2 aromatic carbocycles. The zero-order valence-electron chi connectivity index (χ0n) is 16.5. The van der Waals surface area contributed by atoms with E-state index in [1.807, 2.05) is 13.8 Å². The molecule has 0 radical (unpaired) electrons. The van der Waals surface area contributed by atoms with Crippen LogP contribution in [0.5, 0.6) is 5.75 Å². The monoisotopic (exact) mass is 396 g/mol. The maximum Gasteiger partial charge on any atom is 0.325 e. The van der Waals surface area contributed by atoms with E-state index in [9.17, 15) is 14.4 Å². The highest BCUT2D eigenvalue weighted by Gasteiger charge is 2.19. The van der Waals surface area contributed by atoms with Crippen LogP contribution in [0.4, 0.5) is 0 Å². The van der Waals surface area contributed by atoms with E-state index < -0.39 is 23.8 Å². The third kappa shape index (κ3) is 6.80. The molecule has 0 saturated carbocycles. The second kappa shape index (κ2) is 10.1. The topological polar surface area (TPSA) is 105 Å². The summed E-state index contributed by atoms with van der Waals surface area (Å²) in [6, 6.07) is 14.3. The molecule has 0 spiro atoms. The molecule has 0 fully saturated rings. The summed E-state index contributed by atoms with van der Waals surface area (Å²) in [4.78, 5) is 36.2. The number of rotatable bonds is 8. The maximum atomic E-state index is 12.6. The summed E-state index contributed by atoms with van der Waals surface area (Å²) in [5.41, 5.74) is 0.910. The van der Waals surface area contributed by atoms with Crippen molar-refractivity contribution < 1.29 is 24.2 Å². The molecule has 0 aliphatic heterocycles. The van der Waals surface area contributed by atoms with E-state index in [2.05, 4.69) is 10.6 Å². The Morgan fingerprint density at radius 1 is 1.00 bits per heavy atom. The first-order valence-corrected chi connectivity index (χ1v) is 9.14. The summed E-state index contributed by atoms with van der Waals surface area (Å²) in [5, 5.41) is 14.0. The Morgan fingerprint density at radius 2 is 1.69 bits per heavy atom. The van der Waals surface area contributed by atoms with E-state index in [1.54, 1.807) is 54.6 Å². The Balaban J connectivity index is 2.33. The fourth-order valence-electron chi connectivity index (χ4n) is 2.40. The van der Waals surface area contributed by atoms with Crippen LogP contribution in [0.25, 0.3) is 6.08 Å². The molecule has 0 aliphatic rings. The van der Waals surface area contributed by atoms with E-state index in [1.165, 1.54) is 13.0 Å². The van der Waals surface area contributed by atoms with Gasteiger partial charge in [-0.2, -0.15) is 0 Å². The molecule has 0 aromatic heterocycles. The van der Waals surface area contributed by atoms with Crippen LogP contribution in [0, 0.1) is 0 Å². The molecule has 3 N–H and O–H groups in total. The number of nitrogens with one attached hydrogen (secondary N) is 2. The number of benzene rings is 2. The van der Waals surface area contributed by atoms with E-state index in [0.717, 1.165) is 0 Å². The lowest BCUT2D eigenvalue weighted by molar-refractivity contribution is -0.140. The SMILES string of the molecule is CC(C)Oc1cccc(C=C(NC(=O)c2ccccc2)C(=O)N[C@@H](C)C(=O)O)c1. The molecule has 7 nitrogen and oxygen atoms in total. The van der Waals surface area contributed by atoms with Crippen molar-refractivity contribution in [2.45, 2.75) is 32.9 Å². The van der Waals surface area contributed by atoms with Crippen molar-refractivity contribution in [2.75, 3.05) is 0 Å². The van der Waals surface area contributed by atoms with Gasteiger partial charge in [0, 0.05) is 5.56 Å². The second-order valence-corrected chi connectivity index (χ2v) is 6.65. The van der Waals surface area contributed by atoms with E-state index >= 15 is 0 Å². The van der Waals surface area contributed by atoms with Crippen molar-refractivity contribution in [3.63, 3.8) is 0 Å². The molecule has 0 bridgehead atoms. The Hall–Kier alpha value is -3.61. The molecule has 29 heavy (non-hydrogen) atoms. The number of carboxylic acids is 1. The predicted molar refractivity (Wildman–Crippen MR) is 109 cm³/mol. The van der Waals surface area contributed by atoms with Gasteiger partial charge < -0.3 is 20.5 Å². The second-order valence-electron chi connectivity index (χ2n) is 6.65. The number of aliphatic carboxylic acids is 1. The van der Waals surface area contributed by atoms with Gasteiger partial charge in [0.1, 0.15) is 17.5 Å². The number of carbonyl (C=O) groups is 3. The van der Waals surface area contributed by atoms with Crippen molar-refractivity contribution in [1.29, 1.82) is 0 Å². The van der Waals surface area contributed by atoms with Gasteiger partial charge in [-0.25, -0.2) is 0 Å². The summed E-state index contributed by atoms with van der Waals surface area (Å²) < 4.78 is 5.65. The fraction of sp³-hybridized carbons (Fsp3) is 0.227. The average molecular weight is 396 g/mol. The molecular formula is C22H24N2O5. The standard InChI is InChI=1S/C22H24N2O5/c1-14(2)29-18-11-7-8-16(12-18)13-19(21(26)23-15(3)22(27)28)24-20(25)17-9-5-4-6-10-17/h4-15H,1-3H3,(H,23,26)(H,24,25)(H,27,28)/t15-/m0/s1. The van der Waals surface area contributed by atoms with Crippen molar-refractivity contribution >= 4 is 23.9 Å². The third-order valence-corrected chi connectivity index (χ3v) is 3.79. The quantitative estimate of drug-likeness (QED) is 0.595. The van der Waals surface area contributed by atoms with Gasteiger partial charge >= 0.3 is 5.97 Å². The summed E-state index contributed by atoms with van der Waals surface area (Å²) in [5.74, 6) is -1.76. The number of ether oxygens (including phenoxy) is 1. The summed E-state index contributed by atoms with van der Waals surface area (Å²) >= 11 is 0. The van der Waals surface area contributed by atoms with Crippen LogP contribution in [-0.2, 0) is 9.59 Å². The van der Waals surface area contributed by atoms with Crippen LogP contribution in [0.1, 0.15) is 36.7 Å². The lowest BCUT2D eigenvalue weighted by Gasteiger charge is -2.14. The number of carbonyl (C=O) groups excluding carboxylic acids is 2. The molecule has 2 aromatic rings. The maximum absolute atomic E-state index is 12.6. The lowest BCUT2D eigenvalue weighted by atomic mass is 10.1. The predicted octanol–water partition coefficient (Wildman–Crippen LogP) is 2.83. The molecule has 2 amide bonds. The van der Waals surface area contributed by atoms with Crippen LogP contribution in [0.2, 0.25) is 0 Å². The summed E-state index contributed by atoms with van der Waals surface area (Å²) in [7, 11) is 0. The van der Waals surface area contributed by atoms with E-state index in [0.29, 0.717) is 16.9 Å². The molecule has 0 heterocycles. The summed E-state index contributed by atoms with van der Waals surface area (Å²) in [6.07, 6.45) is 1.45. The van der Waals surface area contributed by atoms with Gasteiger partial charge in [-0.05, 0) is 56.7 Å². The highest BCUT2D eigenvalue weighted by atomic mass is 16.5. The number of amides is 2. The smallest absolute Gasteiger partial charge is 0.325 e. The minimum atomic E-state index is -1.18. The number of carboxylic acid groups (broad SMARTS) is 1. The molecule has 152 valence electrons. The van der Waals surface area contributed by atoms with Crippen LogP contribution >= 0.6 is 0 Å². The molecule has 0 aliphatic carbocycles.